The Kier molecular flexibility index (Phi) is 5.68. The quantitative estimate of drug-likeness (QED) is 0.676. The molecule has 0 unspecified atom stereocenters. The Bertz CT molecular complexity index is 925. The van der Waals surface area contributed by atoms with E-state index in [1.54, 1.807) is 18.2 Å². The average Bonchev–Trinajstić information content (AvgIpc) is 3.00. The van der Waals surface area contributed by atoms with Crippen molar-refractivity contribution in [3.05, 3.63) is 65.5 Å². The van der Waals surface area contributed by atoms with Crippen molar-refractivity contribution in [2.45, 2.75) is 18.6 Å². The molecule has 7 heteroatoms. The third-order valence-electron chi connectivity index (χ3n) is 3.88. The van der Waals surface area contributed by atoms with Gasteiger partial charge >= 0.3 is 0 Å². The molecule has 0 spiro atoms. The average molecular weight is 370 g/mol. The summed E-state index contributed by atoms with van der Waals surface area (Å²) in [5.74, 6) is 0.437. The minimum absolute atomic E-state index is 0.166. The van der Waals surface area contributed by atoms with Crippen LogP contribution in [0, 0.1) is 12.7 Å². The standard InChI is InChI=1S/C19H19FN4OS/c1-13-6-5-8-14(10-13)18-22-23-19(24(18)2)26-12-17(25)21-11-15-7-3-4-9-16(15)20/h3-10H,11-12H2,1-2H3,(H,21,25). The van der Waals surface area contributed by atoms with Crippen molar-refractivity contribution in [3.63, 3.8) is 0 Å². The SMILES string of the molecule is Cc1cccc(-c2nnc(SCC(=O)NCc3ccccc3F)n2C)c1. The highest BCUT2D eigenvalue weighted by molar-refractivity contribution is 7.99. The molecule has 0 fully saturated rings. The van der Waals surface area contributed by atoms with Crippen LogP contribution in [0.15, 0.2) is 53.7 Å². The Labute approximate surface area is 155 Å². The van der Waals surface area contributed by atoms with E-state index in [1.807, 2.05) is 42.8 Å². The molecule has 1 N–H and O–H groups in total. The van der Waals surface area contributed by atoms with Crippen molar-refractivity contribution >= 4 is 17.7 Å². The summed E-state index contributed by atoms with van der Waals surface area (Å²) in [5.41, 5.74) is 2.59. The molecular weight excluding hydrogens is 351 g/mol. The van der Waals surface area contributed by atoms with Crippen LogP contribution in [0.4, 0.5) is 4.39 Å². The minimum Gasteiger partial charge on any atom is -0.351 e. The lowest BCUT2D eigenvalue weighted by atomic mass is 10.1. The van der Waals surface area contributed by atoms with Gasteiger partial charge in [0.05, 0.1) is 5.75 Å². The number of carbonyl (C=O) groups is 1. The smallest absolute Gasteiger partial charge is 0.230 e. The molecule has 0 bridgehead atoms. The molecule has 0 aliphatic carbocycles. The van der Waals surface area contributed by atoms with Crippen molar-refractivity contribution in [2.24, 2.45) is 7.05 Å². The van der Waals surface area contributed by atoms with Gasteiger partial charge in [0.25, 0.3) is 0 Å². The van der Waals surface area contributed by atoms with Gasteiger partial charge < -0.3 is 9.88 Å². The molecule has 0 saturated heterocycles. The zero-order valence-electron chi connectivity index (χ0n) is 14.6. The monoisotopic (exact) mass is 370 g/mol. The highest BCUT2D eigenvalue weighted by atomic mass is 32.2. The van der Waals surface area contributed by atoms with Crippen LogP contribution in [0.5, 0.6) is 0 Å². The fraction of sp³-hybridized carbons (Fsp3) is 0.211. The van der Waals surface area contributed by atoms with Crippen LogP contribution < -0.4 is 5.32 Å². The van der Waals surface area contributed by atoms with Gasteiger partial charge in [0.15, 0.2) is 11.0 Å². The number of aromatic nitrogens is 3. The van der Waals surface area contributed by atoms with E-state index in [9.17, 15) is 9.18 Å². The number of halogens is 1. The minimum atomic E-state index is -0.323. The number of benzene rings is 2. The van der Waals surface area contributed by atoms with Gasteiger partial charge in [-0.05, 0) is 19.1 Å². The Balaban J connectivity index is 1.58. The van der Waals surface area contributed by atoms with Crippen LogP contribution in [0.1, 0.15) is 11.1 Å². The third-order valence-corrected chi connectivity index (χ3v) is 4.90. The molecule has 1 aromatic heterocycles. The van der Waals surface area contributed by atoms with Crippen LogP contribution in [-0.4, -0.2) is 26.4 Å². The summed E-state index contributed by atoms with van der Waals surface area (Å²) in [5, 5.41) is 11.8. The van der Waals surface area contributed by atoms with Crippen LogP contribution in [0.2, 0.25) is 0 Å². The van der Waals surface area contributed by atoms with Crippen LogP contribution in [0.3, 0.4) is 0 Å². The van der Waals surface area contributed by atoms with Crippen LogP contribution >= 0.6 is 11.8 Å². The topological polar surface area (TPSA) is 59.8 Å². The van der Waals surface area contributed by atoms with Crippen molar-refractivity contribution in [1.82, 2.24) is 20.1 Å². The summed E-state index contributed by atoms with van der Waals surface area (Å²) in [7, 11) is 1.87. The Morgan fingerprint density at radius 1 is 1.19 bits per heavy atom. The summed E-state index contributed by atoms with van der Waals surface area (Å²) < 4.78 is 15.4. The van der Waals surface area contributed by atoms with Gasteiger partial charge in [-0.2, -0.15) is 0 Å². The van der Waals surface area contributed by atoms with Gasteiger partial charge in [-0.25, -0.2) is 4.39 Å². The highest BCUT2D eigenvalue weighted by Crippen LogP contribution is 2.23. The van der Waals surface area contributed by atoms with E-state index in [0.29, 0.717) is 10.7 Å². The molecule has 0 radical (unpaired) electrons. The summed E-state index contributed by atoms with van der Waals surface area (Å²) in [6.07, 6.45) is 0. The molecule has 26 heavy (non-hydrogen) atoms. The zero-order chi connectivity index (χ0) is 18.5. The number of nitrogens with one attached hydrogen (secondary N) is 1. The number of aryl methyl sites for hydroxylation is 1. The van der Waals surface area contributed by atoms with Gasteiger partial charge in [-0.1, -0.05) is 53.7 Å². The van der Waals surface area contributed by atoms with Gasteiger partial charge in [0, 0.05) is 24.7 Å². The lowest BCUT2D eigenvalue weighted by Gasteiger charge is -2.07. The van der Waals surface area contributed by atoms with E-state index >= 15 is 0 Å². The number of thioether (sulfide) groups is 1. The first-order chi connectivity index (χ1) is 12.5. The third kappa shape index (κ3) is 4.29. The van der Waals surface area contributed by atoms with Crippen LogP contribution in [-0.2, 0) is 18.4 Å². The van der Waals surface area contributed by atoms with E-state index in [4.69, 9.17) is 0 Å². The van der Waals surface area contributed by atoms with E-state index in [0.717, 1.165) is 17.0 Å². The number of hydrogen-bond acceptors (Lipinski definition) is 4. The number of nitrogens with zero attached hydrogens (tertiary/aromatic N) is 3. The Morgan fingerprint density at radius 2 is 2.00 bits per heavy atom. The molecular formula is C19H19FN4OS. The fourth-order valence-corrected chi connectivity index (χ4v) is 3.23. The predicted octanol–water partition coefficient (Wildman–Crippen LogP) is 3.34. The number of amides is 1. The first-order valence-electron chi connectivity index (χ1n) is 8.14. The second-order valence-electron chi connectivity index (χ2n) is 5.89. The molecule has 3 rings (SSSR count). The molecule has 0 atom stereocenters. The maximum atomic E-state index is 13.6. The predicted molar refractivity (Wildman–Crippen MR) is 100 cm³/mol. The lowest BCUT2D eigenvalue weighted by Crippen LogP contribution is -2.25. The largest absolute Gasteiger partial charge is 0.351 e. The molecule has 2 aromatic carbocycles. The number of carbonyl (C=O) groups excluding carboxylic acids is 1. The first kappa shape index (κ1) is 18.1. The molecule has 1 amide bonds. The number of rotatable bonds is 6. The van der Waals surface area contributed by atoms with Gasteiger partial charge in [-0.3, -0.25) is 4.79 Å². The van der Waals surface area contributed by atoms with Gasteiger partial charge in [-0.15, -0.1) is 10.2 Å². The van der Waals surface area contributed by atoms with Crippen molar-refractivity contribution in [2.75, 3.05) is 5.75 Å². The highest BCUT2D eigenvalue weighted by Gasteiger charge is 2.13. The fourth-order valence-electron chi connectivity index (χ4n) is 2.49. The molecule has 5 nitrogen and oxygen atoms in total. The molecule has 0 aliphatic heterocycles. The maximum Gasteiger partial charge on any atom is 0.230 e. The summed E-state index contributed by atoms with van der Waals surface area (Å²) >= 11 is 1.30. The summed E-state index contributed by atoms with van der Waals surface area (Å²) in [6.45, 7) is 2.19. The van der Waals surface area contributed by atoms with E-state index in [1.165, 1.54) is 17.8 Å². The second-order valence-corrected chi connectivity index (χ2v) is 6.83. The lowest BCUT2D eigenvalue weighted by molar-refractivity contribution is -0.118. The Morgan fingerprint density at radius 3 is 2.77 bits per heavy atom. The molecule has 3 aromatic rings. The van der Waals surface area contributed by atoms with Gasteiger partial charge in [0.2, 0.25) is 5.91 Å². The van der Waals surface area contributed by atoms with E-state index in [-0.39, 0.29) is 24.0 Å². The first-order valence-corrected chi connectivity index (χ1v) is 9.12. The number of hydrogen-bond donors (Lipinski definition) is 1. The molecule has 134 valence electrons. The normalized spacial score (nSPS) is 10.7. The van der Waals surface area contributed by atoms with Crippen molar-refractivity contribution < 1.29 is 9.18 Å². The Hall–Kier alpha value is -2.67. The summed E-state index contributed by atoms with van der Waals surface area (Å²) in [6, 6.07) is 14.4. The van der Waals surface area contributed by atoms with Crippen LogP contribution in [0.25, 0.3) is 11.4 Å². The van der Waals surface area contributed by atoms with Crippen molar-refractivity contribution in [1.29, 1.82) is 0 Å². The zero-order valence-corrected chi connectivity index (χ0v) is 15.4. The van der Waals surface area contributed by atoms with E-state index in [2.05, 4.69) is 15.5 Å². The molecule has 1 heterocycles. The maximum absolute atomic E-state index is 13.6. The van der Waals surface area contributed by atoms with Crippen molar-refractivity contribution in [3.8, 4) is 11.4 Å². The van der Waals surface area contributed by atoms with Gasteiger partial charge in [0.1, 0.15) is 5.82 Å². The second kappa shape index (κ2) is 8.14. The summed E-state index contributed by atoms with van der Waals surface area (Å²) in [4.78, 5) is 12.0. The molecule has 0 saturated carbocycles. The van der Waals surface area contributed by atoms with E-state index < -0.39 is 0 Å². The molecule has 0 aliphatic rings.